The lowest BCUT2D eigenvalue weighted by Crippen LogP contribution is -2.44. The highest BCUT2D eigenvalue weighted by Crippen LogP contribution is 2.21. The fourth-order valence-corrected chi connectivity index (χ4v) is 3.31. The molecule has 5 nitrogen and oxygen atoms in total. The molecule has 1 aromatic carbocycles. The molecule has 0 aromatic heterocycles. The van der Waals surface area contributed by atoms with E-state index in [1.807, 2.05) is 0 Å². The average molecular weight is 339 g/mol. The van der Waals surface area contributed by atoms with Crippen LogP contribution in [0.5, 0.6) is 5.75 Å². The minimum atomic E-state index is -0.484. The molecule has 124 valence electrons. The minimum absolute atomic E-state index is 0.155. The van der Waals surface area contributed by atoms with Gasteiger partial charge in [0.25, 0.3) is 0 Å². The van der Waals surface area contributed by atoms with Gasteiger partial charge in [-0.2, -0.15) is 0 Å². The number of carbonyl (C=O) groups excluding carboxylic acids is 2. The smallest absolute Gasteiger partial charge is 0.320 e. The van der Waals surface area contributed by atoms with Gasteiger partial charge in [-0.3, -0.25) is 9.59 Å². The number of methoxy groups -OCH3 is 2. The molecular formula is C16H18FNO4S. The van der Waals surface area contributed by atoms with E-state index in [9.17, 15) is 14.0 Å². The molecule has 1 heterocycles. The number of esters is 1. The van der Waals surface area contributed by atoms with E-state index in [1.54, 1.807) is 17.0 Å². The Morgan fingerprint density at radius 3 is 2.83 bits per heavy atom. The number of hydrogen-bond donors (Lipinski definition) is 0. The first kappa shape index (κ1) is 17.3. The van der Waals surface area contributed by atoms with Crippen molar-refractivity contribution in [3.63, 3.8) is 0 Å². The summed E-state index contributed by atoms with van der Waals surface area (Å²) in [5.74, 6) is -0.190. The van der Waals surface area contributed by atoms with Crippen LogP contribution in [-0.4, -0.2) is 55.1 Å². The molecule has 1 aliphatic heterocycles. The molecule has 1 fully saturated rings. The second kappa shape index (κ2) is 8.01. The second-order valence-corrected chi connectivity index (χ2v) is 6.20. The van der Waals surface area contributed by atoms with Gasteiger partial charge in [-0.15, -0.1) is 11.8 Å². The van der Waals surface area contributed by atoms with Crippen molar-refractivity contribution in [3.05, 3.63) is 35.7 Å². The summed E-state index contributed by atoms with van der Waals surface area (Å²) in [7, 11) is 2.73. The Morgan fingerprint density at radius 1 is 1.39 bits per heavy atom. The van der Waals surface area contributed by atoms with Crippen molar-refractivity contribution >= 4 is 29.7 Å². The molecule has 0 radical (unpaired) electrons. The van der Waals surface area contributed by atoms with E-state index in [4.69, 9.17) is 9.47 Å². The van der Waals surface area contributed by atoms with Gasteiger partial charge in [0, 0.05) is 24.9 Å². The third kappa shape index (κ3) is 4.48. The van der Waals surface area contributed by atoms with Gasteiger partial charge in [0.15, 0.2) is 11.6 Å². The van der Waals surface area contributed by atoms with Crippen molar-refractivity contribution in [2.45, 2.75) is 5.25 Å². The maximum Gasteiger partial charge on any atom is 0.320 e. The molecule has 1 saturated heterocycles. The zero-order valence-corrected chi connectivity index (χ0v) is 13.8. The van der Waals surface area contributed by atoms with Gasteiger partial charge >= 0.3 is 5.97 Å². The zero-order valence-electron chi connectivity index (χ0n) is 13.0. The van der Waals surface area contributed by atoms with Gasteiger partial charge in [-0.05, 0) is 23.8 Å². The summed E-state index contributed by atoms with van der Waals surface area (Å²) in [6, 6.07) is 4.46. The summed E-state index contributed by atoms with van der Waals surface area (Å²) in [4.78, 5) is 25.3. The Bertz CT molecular complexity index is 620. The van der Waals surface area contributed by atoms with Gasteiger partial charge < -0.3 is 14.4 Å². The molecule has 0 unspecified atom stereocenters. The summed E-state index contributed by atoms with van der Waals surface area (Å²) >= 11 is 1.48. The molecule has 0 spiro atoms. The predicted octanol–water partition coefficient (Wildman–Crippen LogP) is 1.96. The number of rotatable bonds is 4. The fraction of sp³-hybridized carbons (Fsp3) is 0.375. The largest absolute Gasteiger partial charge is 0.494 e. The summed E-state index contributed by atoms with van der Waals surface area (Å²) in [6.45, 7) is 0.885. The molecule has 1 aromatic rings. The Kier molecular flexibility index (Phi) is 6.04. The van der Waals surface area contributed by atoms with Crippen LogP contribution in [-0.2, 0) is 14.3 Å². The minimum Gasteiger partial charge on any atom is -0.494 e. The lowest BCUT2D eigenvalue weighted by atomic mass is 10.2. The molecule has 7 heteroatoms. The second-order valence-electron chi connectivity index (χ2n) is 4.89. The van der Waals surface area contributed by atoms with Crippen molar-refractivity contribution in [1.29, 1.82) is 0 Å². The highest BCUT2D eigenvalue weighted by atomic mass is 32.2. The van der Waals surface area contributed by atoms with Crippen LogP contribution in [0.1, 0.15) is 5.56 Å². The molecule has 0 N–H and O–H groups in total. The molecule has 2 rings (SSSR count). The zero-order chi connectivity index (χ0) is 16.8. The topological polar surface area (TPSA) is 55.8 Å². The van der Waals surface area contributed by atoms with Crippen LogP contribution in [0.2, 0.25) is 0 Å². The standard InChI is InChI=1S/C16H18FNO4S/c1-21-13-5-3-11(9-12(13)17)4-6-15(19)18-7-8-23-14(10-18)16(20)22-2/h3-6,9,14H,7-8,10H2,1-2H3/b6-4+/t14-/m0/s1. The predicted molar refractivity (Wildman–Crippen MR) is 86.8 cm³/mol. The van der Waals surface area contributed by atoms with E-state index in [1.165, 1.54) is 44.2 Å². The van der Waals surface area contributed by atoms with E-state index in [2.05, 4.69) is 0 Å². The number of benzene rings is 1. The third-order valence-electron chi connectivity index (χ3n) is 3.44. The molecule has 1 atom stereocenters. The maximum absolute atomic E-state index is 13.6. The van der Waals surface area contributed by atoms with Crippen molar-refractivity contribution in [2.24, 2.45) is 0 Å². The molecule has 1 aliphatic rings. The van der Waals surface area contributed by atoms with Gasteiger partial charge in [0.1, 0.15) is 5.25 Å². The monoisotopic (exact) mass is 339 g/mol. The van der Waals surface area contributed by atoms with Crippen LogP contribution in [0.25, 0.3) is 6.08 Å². The van der Waals surface area contributed by atoms with E-state index in [-0.39, 0.29) is 22.9 Å². The van der Waals surface area contributed by atoms with Gasteiger partial charge in [0.2, 0.25) is 5.91 Å². The number of ether oxygens (including phenoxy) is 2. The molecule has 0 bridgehead atoms. The normalized spacial score (nSPS) is 18.0. The lowest BCUT2D eigenvalue weighted by molar-refractivity contribution is -0.140. The lowest BCUT2D eigenvalue weighted by Gasteiger charge is -2.30. The molecule has 0 aliphatic carbocycles. The fourth-order valence-electron chi connectivity index (χ4n) is 2.18. The van der Waals surface area contributed by atoms with Crippen LogP contribution in [0.4, 0.5) is 4.39 Å². The number of hydrogen-bond acceptors (Lipinski definition) is 5. The molecule has 23 heavy (non-hydrogen) atoms. The molecule has 1 amide bonds. The first-order valence-electron chi connectivity index (χ1n) is 7.05. The Labute approximate surface area is 138 Å². The van der Waals surface area contributed by atoms with Crippen LogP contribution in [0.15, 0.2) is 24.3 Å². The highest BCUT2D eigenvalue weighted by Gasteiger charge is 2.28. The number of amides is 1. The quantitative estimate of drug-likeness (QED) is 0.620. The average Bonchev–Trinajstić information content (AvgIpc) is 2.59. The van der Waals surface area contributed by atoms with Gasteiger partial charge in [-0.25, -0.2) is 4.39 Å². The number of nitrogens with zero attached hydrogens (tertiary/aromatic N) is 1. The molecular weight excluding hydrogens is 321 g/mol. The summed E-state index contributed by atoms with van der Waals surface area (Å²) in [6.07, 6.45) is 2.92. The number of thioether (sulfide) groups is 1. The van der Waals surface area contributed by atoms with Gasteiger partial charge in [0.05, 0.1) is 14.2 Å². The summed E-state index contributed by atoms with van der Waals surface area (Å²) < 4.78 is 23.2. The van der Waals surface area contributed by atoms with Crippen LogP contribution >= 0.6 is 11.8 Å². The van der Waals surface area contributed by atoms with Crippen LogP contribution in [0, 0.1) is 5.82 Å². The van der Waals surface area contributed by atoms with E-state index in [0.29, 0.717) is 24.4 Å². The Hall–Kier alpha value is -2.02. The van der Waals surface area contributed by atoms with Crippen molar-refractivity contribution in [1.82, 2.24) is 4.90 Å². The Balaban J connectivity index is 2.00. The number of halogens is 1. The van der Waals surface area contributed by atoms with Crippen LogP contribution < -0.4 is 4.74 Å². The first-order valence-corrected chi connectivity index (χ1v) is 8.10. The SMILES string of the molecule is COC(=O)[C@@H]1CN(C(=O)/C=C/c2ccc(OC)c(F)c2)CCS1. The third-order valence-corrected chi connectivity index (χ3v) is 4.60. The highest BCUT2D eigenvalue weighted by molar-refractivity contribution is 8.00. The van der Waals surface area contributed by atoms with Crippen molar-refractivity contribution < 1.29 is 23.5 Å². The van der Waals surface area contributed by atoms with Crippen LogP contribution in [0.3, 0.4) is 0 Å². The Morgan fingerprint density at radius 2 is 2.17 bits per heavy atom. The number of carbonyl (C=O) groups is 2. The van der Waals surface area contributed by atoms with E-state index in [0.717, 1.165) is 0 Å². The first-order chi connectivity index (χ1) is 11.0. The summed E-state index contributed by atoms with van der Waals surface area (Å²) in [5.41, 5.74) is 0.563. The molecule has 0 saturated carbocycles. The van der Waals surface area contributed by atoms with E-state index < -0.39 is 5.82 Å². The van der Waals surface area contributed by atoms with Gasteiger partial charge in [-0.1, -0.05) is 6.07 Å². The van der Waals surface area contributed by atoms with E-state index >= 15 is 0 Å². The maximum atomic E-state index is 13.6. The van der Waals surface area contributed by atoms with Crippen molar-refractivity contribution in [3.8, 4) is 5.75 Å². The van der Waals surface area contributed by atoms with Crippen molar-refractivity contribution in [2.75, 3.05) is 33.1 Å². The summed E-state index contributed by atoms with van der Waals surface area (Å²) in [5, 5.41) is -0.357.